The van der Waals surface area contributed by atoms with Crippen LogP contribution in [-0.4, -0.2) is 54.7 Å². The average Bonchev–Trinajstić information content (AvgIpc) is 2.36. The lowest BCUT2D eigenvalue weighted by Crippen LogP contribution is -2.57. The van der Waals surface area contributed by atoms with Crippen molar-refractivity contribution in [3.8, 4) is 0 Å². The number of rotatable bonds is 5. The molecule has 19 heavy (non-hydrogen) atoms. The molecule has 0 aromatic rings. The van der Waals surface area contributed by atoms with E-state index in [1.54, 1.807) is 0 Å². The van der Waals surface area contributed by atoms with Crippen LogP contribution in [0.5, 0.6) is 0 Å². The first-order chi connectivity index (χ1) is 8.74. The lowest BCUT2D eigenvalue weighted by molar-refractivity contribution is -0.149. The van der Waals surface area contributed by atoms with E-state index in [0.29, 0.717) is 12.8 Å². The fraction of sp³-hybridized carbons (Fsp3) is 0.818. The third-order valence-corrected chi connectivity index (χ3v) is 5.39. The molecular formula is C11H19NO6S. The minimum Gasteiger partial charge on any atom is -0.480 e. The molecule has 0 spiro atoms. The SMILES string of the molecule is COC(=O)CCS(=O)(=O)N1CCCCC1(C)C(=O)O. The number of aliphatic carboxylic acids is 1. The maximum Gasteiger partial charge on any atom is 0.324 e. The molecule has 110 valence electrons. The number of carboxylic acids is 1. The Morgan fingerprint density at radius 1 is 1.37 bits per heavy atom. The highest BCUT2D eigenvalue weighted by Crippen LogP contribution is 2.31. The zero-order chi connectivity index (χ0) is 14.7. The highest BCUT2D eigenvalue weighted by molar-refractivity contribution is 7.89. The largest absolute Gasteiger partial charge is 0.480 e. The number of esters is 1. The molecule has 0 saturated carbocycles. The van der Waals surface area contributed by atoms with Gasteiger partial charge in [-0.05, 0) is 26.2 Å². The molecule has 0 aliphatic carbocycles. The first-order valence-corrected chi connectivity index (χ1v) is 7.65. The van der Waals surface area contributed by atoms with Gasteiger partial charge in [0.1, 0.15) is 5.54 Å². The van der Waals surface area contributed by atoms with Gasteiger partial charge in [-0.3, -0.25) is 9.59 Å². The van der Waals surface area contributed by atoms with Crippen molar-refractivity contribution in [3.63, 3.8) is 0 Å². The van der Waals surface area contributed by atoms with Crippen molar-refractivity contribution < 1.29 is 27.9 Å². The zero-order valence-corrected chi connectivity index (χ0v) is 11.9. The summed E-state index contributed by atoms with van der Waals surface area (Å²) in [6.07, 6.45) is 1.30. The molecule has 0 amide bonds. The summed E-state index contributed by atoms with van der Waals surface area (Å²) in [4.78, 5) is 22.3. The van der Waals surface area contributed by atoms with Crippen LogP contribution >= 0.6 is 0 Å². The van der Waals surface area contributed by atoms with Crippen LogP contribution in [0.2, 0.25) is 0 Å². The molecule has 0 radical (unpaired) electrons. The number of nitrogens with zero attached hydrogens (tertiary/aromatic N) is 1. The van der Waals surface area contributed by atoms with Crippen molar-refractivity contribution in [2.24, 2.45) is 0 Å². The standard InChI is InChI=1S/C11H19NO6S/c1-11(10(14)15)6-3-4-7-12(11)19(16,17)8-5-9(13)18-2/h3-8H2,1-2H3,(H,14,15). The predicted octanol–water partition coefficient (Wildman–Crippen LogP) is 0.209. The van der Waals surface area contributed by atoms with Crippen molar-refractivity contribution in [2.75, 3.05) is 19.4 Å². The van der Waals surface area contributed by atoms with Gasteiger partial charge in [-0.2, -0.15) is 4.31 Å². The Morgan fingerprint density at radius 3 is 2.53 bits per heavy atom. The topological polar surface area (TPSA) is 101 Å². The summed E-state index contributed by atoms with van der Waals surface area (Å²) >= 11 is 0. The lowest BCUT2D eigenvalue weighted by Gasteiger charge is -2.40. The summed E-state index contributed by atoms with van der Waals surface area (Å²) in [5.41, 5.74) is -1.42. The van der Waals surface area contributed by atoms with Crippen LogP contribution in [0.25, 0.3) is 0 Å². The Labute approximate surface area is 112 Å². The number of hydrogen-bond donors (Lipinski definition) is 1. The minimum absolute atomic E-state index is 0.173. The van der Waals surface area contributed by atoms with Gasteiger partial charge in [0.15, 0.2) is 0 Å². The van der Waals surface area contributed by atoms with Gasteiger partial charge in [0.2, 0.25) is 10.0 Å². The molecule has 1 saturated heterocycles. The number of sulfonamides is 1. The molecular weight excluding hydrogens is 274 g/mol. The van der Waals surface area contributed by atoms with Gasteiger partial charge in [-0.25, -0.2) is 8.42 Å². The van der Waals surface area contributed by atoms with Crippen molar-refractivity contribution >= 4 is 22.0 Å². The number of carboxylic acid groups (broad SMARTS) is 1. The number of methoxy groups -OCH3 is 1. The van der Waals surface area contributed by atoms with E-state index in [1.807, 2.05) is 0 Å². The monoisotopic (exact) mass is 293 g/mol. The number of piperidine rings is 1. The molecule has 1 unspecified atom stereocenters. The Bertz CT molecular complexity index is 460. The molecule has 0 aromatic carbocycles. The molecule has 1 atom stereocenters. The second-order valence-electron chi connectivity index (χ2n) is 4.75. The van der Waals surface area contributed by atoms with Gasteiger partial charge < -0.3 is 9.84 Å². The molecule has 1 rings (SSSR count). The van der Waals surface area contributed by atoms with Gasteiger partial charge in [0, 0.05) is 6.54 Å². The highest BCUT2D eigenvalue weighted by atomic mass is 32.2. The average molecular weight is 293 g/mol. The highest BCUT2D eigenvalue weighted by Gasteiger charge is 2.47. The summed E-state index contributed by atoms with van der Waals surface area (Å²) in [5.74, 6) is -2.21. The van der Waals surface area contributed by atoms with Gasteiger partial charge in [0.25, 0.3) is 0 Å². The van der Waals surface area contributed by atoms with Crippen LogP contribution in [0.3, 0.4) is 0 Å². The van der Waals surface area contributed by atoms with E-state index >= 15 is 0 Å². The normalized spacial score (nSPS) is 24.9. The summed E-state index contributed by atoms with van der Waals surface area (Å²) in [7, 11) is -2.61. The fourth-order valence-corrected chi connectivity index (χ4v) is 4.02. The minimum atomic E-state index is -3.79. The molecule has 1 aliphatic rings. The molecule has 1 aliphatic heterocycles. The number of hydrogen-bond acceptors (Lipinski definition) is 5. The molecule has 0 aromatic heterocycles. The van der Waals surface area contributed by atoms with E-state index < -0.39 is 33.3 Å². The summed E-state index contributed by atoms with van der Waals surface area (Å²) < 4.78 is 29.8. The smallest absolute Gasteiger partial charge is 0.324 e. The van der Waals surface area contributed by atoms with E-state index in [1.165, 1.54) is 14.0 Å². The molecule has 7 nitrogen and oxygen atoms in total. The van der Waals surface area contributed by atoms with Crippen molar-refractivity contribution in [1.29, 1.82) is 0 Å². The van der Waals surface area contributed by atoms with E-state index in [9.17, 15) is 23.1 Å². The van der Waals surface area contributed by atoms with Crippen molar-refractivity contribution in [2.45, 2.75) is 38.1 Å². The summed E-state index contributed by atoms with van der Waals surface area (Å²) in [5, 5.41) is 9.26. The van der Waals surface area contributed by atoms with E-state index in [2.05, 4.69) is 4.74 Å². The summed E-state index contributed by atoms with van der Waals surface area (Å²) in [6, 6.07) is 0. The Balaban J connectivity index is 2.91. The third-order valence-electron chi connectivity index (χ3n) is 3.41. The molecule has 0 bridgehead atoms. The first-order valence-electron chi connectivity index (χ1n) is 6.05. The van der Waals surface area contributed by atoms with E-state index in [4.69, 9.17) is 0 Å². The maximum atomic E-state index is 12.2. The number of ether oxygens (including phenoxy) is 1. The lowest BCUT2D eigenvalue weighted by atomic mass is 9.91. The second kappa shape index (κ2) is 5.87. The van der Waals surface area contributed by atoms with Gasteiger partial charge >= 0.3 is 11.9 Å². The zero-order valence-electron chi connectivity index (χ0n) is 11.1. The molecule has 8 heteroatoms. The third kappa shape index (κ3) is 3.44. The Hall–Kier alpha value is -1.15. The molecule has 1 fully saturated rings. The number of carbonyl (C=O) groups excluding carboxylic acids is 1. The van der Waals surface area contributed by atoms with Gasteiger partial charge in [-0.15, -0.1) is 0 Å². The predicted molar refractivity (Wildman–Crippen MR) is 67.0 cm³/mol. The van der Waals surface area contributed by atoms with Crippen LogP contribution in [-0.2, 0) is 24.3 Å². The maximum absolute atomic E-state index is 12.2. The molecule has 1 N–H and O–H groups in total. The van der Waals surface area contributed by atoms with E-state index in [0.717, 1.165) is 4.31 Å². The Kier molecular flexibility index (Phi) is 4.92. The van der Waals surface area contributed by atoms with Crippen LogP contribution in [0.1, 0.15) is 32.6 Å². The molecule has 1 heterocycles. The number of carbonyl (C=O) groups is 2. The summed E-state index contributed by atoms with van der Waals surface area (Å²) in [6.45, 7) is 1.58. The van der Waals surface area contributed by atoms with Gasteiger partial charge in [0.05, 0.1) is 19.3 Å². The quantitative estimate of drug-likeness (QED) is 0.727. The fourth-order valence-electron chi connectivity index (χ4n) is 2.18. The Morgan fingerprint density at radius 2 is 2.00 bits per heavy atom. The van der Waals surface area contributed by atoms with Crippen LogP contribution in [0, 0.1) is 0 Å². The van der Waals surface area contributed by atoms with E-state index in [-0.39, 0.29) is 19.4 Å². The van der Waals surface area contributed by atoms with Gasteiger partial charge in [-0.1, -0.05) is 0 Å². The first kappa shape index (κ1) is 15.9. The van der Waals surface area contributed by atoms with Crippen molar-refractivity contribution in [1.82, 2.24) is 4.31 Å². The van der Waals surface area contributed by atoms with Crippen LogP contribution in [0.4, 0.5) is 0 Å². The van der Waals surface area contributed by atoms with Crippen molar-refractivity contribution in [3.05, 3.63) is 0 Å². The van der Waals surface area contributed by atoms with Crippen LogP contribution < -0.4 is 0 Å². The van der Waals surface area contributed by atoms with Crippen LogP contribution in [0.15, 0.2) is 0 Å². The second-order valence-corrected chi connectivity index (χ2v) is 6.76.